The summed E-state index contributed by atoms with van der Waals surface area (Å²) in [6, 6.07) is 11.5. The van der Waals surface area contributed by atoms with Gasteiger partial charge in [0, 0.05) is 12.6 Å². The summed E-state index contributed by atoms with van der Waals surface area (Å²) >= 11 is 0. The van der Waals surface area contributed by atoms with Crippen molar-refractivity contribution >= 4 is 11.6 Å². The van der Waals surface area contributed by atoms with E-state index in [0.717, 1.165) is 11.3 Å². The Balaban J connectivity index is 1.82. The van der Waals surface area contributed by atoms with Crippen molar-refractivity contribution < 1.29 is 23.9 Å². The molecule has 1 N–H and O–H groups in total. The Kier molecular flexibility index (Phi) is 6.78. The summed E-state index contributed by atoms with van der Waals surface area (Å²) in [5.74, 6) is 0.915. The predicted octanol–water partition coefficient (Wildman–Crippen LogP) is 2.35. The number of amides is 1. The molecular weight excluding hydrogens is 340 g/mol. The van der Waals surface area contributed by atoms with Crippen LogP contribution in [0.1, 0.15) is 5.56 Å². The molecule has 0 atom stereocenters. The van der Waals surface area contributed by atoms with E-state index in [9.17, 15) is 14.9 Å². The molecule has 1 amide bonds. The minimum Gasteiger partial charge on any atom is -0.497 e. The highest BCUT2D eigenvalue weighted by Gasteiger charge is 2.13. The van der Waals surface area contributed by atoms with Gasteiger partial charge in [-0.05, 0) is 30.2 Å². The van der Waals surface area contributed by atoms with Crippen molar-refractivity contribution in [3.63, 3.8) is 0 Å². The fourth-order valence-electron chi connectivity index (χ4n) is 2.22. The maximum atomic E-state index is 11.9. The minimum absolute atomic E-state index is 0.138. The highest BCUT2D eigenvalue weighted by Crippen LogP contribution is 2.30. The Bertz CT molecular complexity index is 761. The maximum absolute atomic E-state index is 11.9. The second-order valence-electron chi connectivity index (χ2n) is 5.33. The average Bonchev–Trinajstić information content (AvgIpc) is 2.66. The van der Waals surface area contributed by atoms with Gasteiger partial charge in [0.05, 0.1) is 25.2 Å². The summed E-state index contributed by atoms with van der Waals surface area (Å²) in [6.45, 7) is 0.181. The van der Waals surface area contributed by atoms with Crippen molar-refractivity contribution in [1.82, 2.24) is 5.32 Å². The van der Waals surface area contributed by atoms with E-state index >= 15 is 0 Å². The molecule has 8 heteroatoms. The summed E-state index contributed by atoms with van der Waals surface area (Å²) in [4.78, 5) is 22.2. The third-order valence-corrected chi connectivity index (χ3v) is 3.61. The molecule has 0 aliphatic rings. The van der Waals surface area contributed by atoms with Crippen LogP contribution in [0, 0.1) is 10.1 Å². The van der Waals surface area contributed by atoms with Crippen molar-refractivity contribution in [3.05, 3.63) is 58.1 Å². The lowest BCUT2D eigenvalue weighted by Crippen LogP contribution is -2.30. The van der Waals surface area contributed by atoms with Gasteiger partial charge in [-0.3, -0.25) is 14.9 Å². The van der Waals surface area contributed by atoms with Gasteiger partial charge in [-0.25, -0.2) is 0 Å². The molecule has 0 spiro atoms. The molecule has 2 aromatic rings. The van der Waals surface area contributed by atoms with Crippen LogP contribution in [0.4, 0.5) is 5.69 Å². The number of hydrogen-bond donors (Lipinski definition) is 1. The van der Waals surface area contributed by atoms with Gasteiger partial charge in [-0.15, -0.1) is 0 Å². The number of non-ortho nitro benzene ring substituents is 1. The Morgan fingerprint density at radius 3 is 2.42 bits per heavy atom. The Labute approximate surface area is 150 Å². The molecule has 0 aromatic heterocycles. The molecule has 2 aromatic carbocycles. The van der Waals surface area contributed by atoms with Gasteiger partial charge in [-0.1, -0.05) is 12.1 Å². The number of nitro groups is 1. The number of carbonyl (C=O) groups is 1. The molecule has 0 aliphatic carbocycles. The summed E-state index contributed by atoms with van der Waals surface area (Å²) in [5.41, 5.74) is 0.924. The number of ether oxygens (including phenoxy) is 3. The first kappa shape index (κ1) is 19.0. The third-order valence-electron chi connectivity index (χ3n) is 3.61. The van der Waals surface area contributed by atoms with Gasteiger partial charge < -0.3 is 19.5 Å². The third kappa shape index (κ3) is 5.37. The van der Waals surface area contributed by atoms with Gasteiger partial charge in [0.25, 0.3) is 11.6 Å². The number of rotatable bonds is 9. The number of benzene rings is 2. The van der Waals surface area contributed by atoms with Crippen LogP contribution in [0.5, 0.6) is 17.2 Å². The average molecular weight is 360 g/mol. The first-order valence-electron chi connectivity index (χ1n) is 7.88. The standard InChI is InChI=1S/C18H20N2O6/c1-24-15-6-3-13(4-7-15)9-10-19-18(21)12-26-17-11-14(20(22)23)5-8-16(17)25-2/h3-8,11H,9-10,12H2,1-2H3,(H,19,21). The molecule has 0 unspecified atom stereocenters. The van der Waals surface area contributed by atoms with Crippen molar-refractivity contribution in [2.75, 3.05) is 27.4 Å². The SMILES string of the molecule is COc1ccc(CCNC(=O)COc2cc([N+](=O)[O-])ccc2OC)cc1. The van der Waals surface area contributed by atoms with E-state index in [0.29, 0.717) is 18.7 Å². The molecule has 0 aliphatic heterocycles. The summed E-state index contributed by atoms with van der Waals surface area (Å²) in [6.07, 6.45) is 0.663. The monoisotopic (exact) mass is 360 g/mol. The number of carbonyl (C=O) groups excluding carboxylic acids is 1. The van der Waals surface area contributed by atoms with Crippen LogP contribution in [-0.4, -0.2) is 38.2 Å². The zero-order valence-corrected chi connectivity index (χ0v) is 14.6. The lowest BCUT2D eigenvalue weighted by molar-refractivity contribution is -0.385. The quantitative estimate of drug-likeness (QED) is 0.544. The topological polar surface area (TPSA) is 99.9 Å². The molecule has 0 bridgehead atoms. The van der Waals surface area contributed by atoms with Gasteiger partial charge in [0.2, 0.25) is 0 Å². The fraction of sp³-hybridized carbons (Fsp3) is 0.278. The molecule has 8 nitrogen and oxygen atoms in total. The van der Waals surface area contributed by atoms with Gasteiger partial charge in [0.1, 0.15) is 5.75 Å². The molecule has 0 saturated heterocycles. The van der Waals surface area contributed by atoms with Gasteiger partial charge in [-0.2, -0.15) is 0 Å². The highest BCUT2D eigenvalue weighted by atomic mass is 16.6. The Morgan fingerprint density at radius 1 is 1.08 bits per heavy atom. The molecule has 0 radical (unpaired) electrons. The largest absolute Gasteiger partial charge is 0.497 e. The number of nitro benzene ring substituents is 1. The first-order valence-corrected chi connectivity index (χ1v) is 7.88. The number of nitrogens with zero attached hydrogens (tertiary/aromatic N) is 1. The van der Waals surface area contributed by atoms with Crippen molar-refractivity contribution in [1.29, 1.82) is 0 Å². The summed E-state index contributed by atoms with van der Waals surface area (Å²) < 4.78 is 15.5. The van der Waals surface area contributed by atoms with E-state index in [1.807, 2.05) is 24.3 Å². The molecular formula is C18H20N2O6. The summed E-state index contributed by atoms with van der Waals surface area (Å²) in [5, 5.41) is 13.6. The highest BCUT2D eigenvalue weighted by molar-refractivity contribution is 5.77. The predicted molar refractivity (Wildman–Crippen MR) is 94.9 cm³/mol. The summed E-state index contributed by atoms with van der Waals surface area (Å²) in [7, 11) is 3.02. The lowest BCUT2D eigenvalue weighted by atomic mass is 10.1. The van der Waals surface area contributed by atoms with Gasteiger partial charge in [0.15, 0.2) is 18.1 Å². The van der Waals surface area contributed by atoms with Crippen LogP contribution in [0.15, 0.2) is 42.5 Å². The smallest absolute Gasteiger partial charge is 0.273 e. The Morgan fingerprint density at radius 2 is 1.81 bits per heavy atom. The molecule has 2 rings (SSSR count). The fourth-order valence-corrected chi connectivity index (χ4v) is 2.22. The minimum atomic E-state index is -0.540. The zero-order chi connectivity index (χ0) is 18.9. The van der Waals surface area contributed by atoms with E-state index in [4.69, 9.17) is 14.2 Å². The van der Waals surface area contributed by atoms with Crippen molar-refractivity contribution in [3.8, 4) is 17.2 Å². The van der Waals surface area contributed by atoms with Crippen molar-refractivity contribution in [2.24, 2.45) is 0 Å². The van der Waals surface area contributed by atoms with Crippen LogP contribution >= 0.6 is 0 Å². The van der Waals surface area contributed by atoms with E-state index in [2.05, 4.69) is 5.32 Å². The second kappa shape index (κ2) is 9.26. The zero-order valence-electron chi connectivity index (χ0n) is 14.6. The van der Waals surface area contributed by atoms with Crippen LogP contribution in [-0.2, 0) is 11.2 Å². The van der Waals surface area contributed by atoms with E-state index < -0.39 is 4.92 Å². The Hall–Kier alpha value is -3.29. The molecule has 138 valence electrons. The maximum Gasteiger partial charge on any atom is 0.273 e. The number of nitrogens with one attached hydrogen (secondary N) is 1. The van der Waals surface area contributed by atoms with Crippen LogP contribution in [0.3, 0.4) is 0 Å². The van der Waals surface area contributed by atoms with Crippen LogP contribution in [0.2, 0.25) is 0 Å². The number of hydrogen-bond acceptors (Lipinski definition) is 6. The molecule has 0 saturated carbocycles. The molecule has 0 fully saturated rings. The van der Waals surface area contributed by atoms with E-state index in [-0.39, 0.29) is 24.0 Å². The number of methoxy groups -OCH3 is 2. The molecule has 26 heavy (non-hydrogen) atoms. The van der Waals surface area contributed by atoms with E-state index in [1.54, 1.807) is 7.11 Å². The van der Waals surface area contributed by atoms with Crippen LogP contribution < -0.4 is 19.5 Å². The first-order chi connectivity index (χ1) is 12.5. The molecule has 0 heterocycles. The van der Waals surface area contributed by atoms with Crippen LogP contribution in [0.25, 0.3) is 0 Å². The van der Waals surface area contributed by atoms with E-state index in [1.165, 1.54) is 25.3 Å². The van der Waals surface area contributed by atoms with Gasteiger partial charge >= 0.3 is 0 Å². The van der Waals surface area contributed by atoms with Crippen molar-refractivity contribution in [2.45, 2.75) is 6.42 Å². The normalized spacial score (nSPS) is 10.1. The lowest BCUT2D eigenvalue weighted by Gasteiger charge is -2.11. The second-order valence-corrected chi connectivity index (χ2v) is 5.33.